The molecular weight excluding hydrogens is 446 g/mol. The summed E-state index contributed by atoms with van der Waals surface area (Å²) in [4.78, 5) is 29.5. The summed E-state index contributed by atoms with van der Waals surface area (Å²) in [5.74, 6) is -0.462. The number of halogens is 2. The lowest BCUT2D eigenvalue weighted by molar-refractivity contribution is -0.119. The summed E-state index contributed by atoms with van der Waals surface area (Å²) >= 11 is 3.21. The number of benzene rings is 2. The third-order valence-electron chi connectivity index (χ3n) is 3.84. The molecule has 0 bridgehead atoms. The van der Waals surface area contributed by atoms with Crippen molar-refractivity contribution in [3.63, 3.8) is 0 Å². The van der Waals surface area contributed by atoms with Crippen LogP contribution in [0.5, 0.6) is 5.75 Å². The highest BCUT2D eigenvalue weighted by atomic mass is 32.2. The fourth-order valence-corrected chi connectivity index (χ4v) is 3.96. The van der Waals surface area contributed by atoms with Gasteiger partial charge in [0.2, 0.25) is 0 Å². The van der Waals surface area contributed by atoms with Crippen LogP contribution in [0.25, 0.3) is 0 Å². The van der Waals surface area contributed by atoms with Crippen LogP contribution in [-0.4, -0.2) is 30.1 Å². The number of thiazole rings is 1. The molecule has 10 heteroatoms. The minimum absolute atomic E-state index is 0.0252. The van der Waals surface area contributed by atoms with E-state index in [4.69, 9.17) is 4.74 Å². The molecular formula is C21H18F2N2O4S2. The quantitative estimate of drug-likeness (QED) is 0.349. The average molecular weight is 465 g/mol. The minimum atomic E-state index is -2.92. The molecule has 1 amide bonds. The highest BCUT2D eigenvalue weighted by Gasteiger charge is 2.11. The van der Waals surface area contributed by atoms with Gasteiger partial charge in [-0.05, 0) is 55.5 Å². The van der Waals surface area contributed by atoms with E-state index in [0.29, 0.717) is 11.3 Å². The lowest BCUT2D eigenvalue weighted by Gasteiger charge is -2.08. The SMILES string of the molecule is Cc1nc(CSc2ccc(C(=O)OCC(=O)Nc3ccc(OC(F)F)cc3)cc2)cs1. The molecule has 0 radical (unpaired) electrons. The maximum absolute atomic E-state index is 12.1. The predicted octanol–water partition coefficient (Wildman–Crippen LogP) is 5.14. The second-order valence-corrected chi connectivity index (χ2v) is 8.31. The number of hydrogen-bond acceptors (Lipinski definition) is 7. The molecule has 1 heterocycles. The number of alkyl halides is 2. The Balaban J connectivity index is 1.43. The zero-order chi connectivity index (χ0) is 22.2. The van der Waals surface area contributed by atoms with E-state index in [-0.39, 0.29) is 5.75 Å². The first kappa shape index (κ1) is 22.7. The standard InChI is InChI=1S/C21H18F2N2O4S2/c1-13-24-16(11-30-13)12-31-18-8-2-14(3-9-18)20(27)28-10-19(26)25-15-4-6-17(7-5-15)29-21(22)23/h2-9,11,21H,10,12H2,1H3,(H,25,26). The Morgan fingerprint density at radius 3 is 2.45 bits per heavy atom. The molecule has 0 aliphatic heterocycles. The van der Waals surface area contributed by atoms with Gasteiger partial charge in [-0.15, -0.1) is 23.1 Å². The summed E-state index contributed by atoms with van der Waals surface area (Å²) in [6.07, 6.45) is 0. The number of hydrogen-bond donors (Lipinski definition) is 1. The van der Waals surface area contributed by atoms with Crippen LogP contribution < -0.4 is 10.1 Å². The van der Waals surface area contributed by atoms with Gasteiger partial charge in [-0.1, -0.05) is 0 Å². The van der Waals surface area contributed by atoms with Crippen molar-refractivity contribution in [1.29, 1.82) is 0 Å². The third kappa shape index (κ3) is 7.34. The van der Waals surface area contributed by atoms with Gasteiger partial charge >= 0.3 is 12.6 Å². The van der Waals surface area contributed by atoms with Crippen LogP contribution in [0.15, 0.2) is 58.8 Å². The Bertz CT molecular complexity index is 1020. The molecule has 0 atom stereocenters. The van der Waals surface area contributed by atoms with Crippen LogP contribution >= 0.6 is 23.1 Å². The topological polar surface area (TPSA) is 77.5 Å². The van der Waals surface area contributed by atoms with Crippen molar-refractivity contribution in [2.45, 2.75) is 24.2 Å². The molecule has 1 N–H and O–H groups in total. The highest BCUT2D eigenvalue weighted by Crippen LogP contribution is 2.24. The smallest absolute Gasteiger partial charge is 0.387 e. The molecule has 0 saturated carbocycles. The number of aromatic nitrogens is 1. The molecule has 3 rings (SSSR count). The lowest BCUT2D eigenvalue weighted by atomic mass is 10.2. The van der Waals surface area contributed by atoms with E-state index in [9.17, 15) is 18.4 Å². The van der Waals surface area contributed by atoms with Gasteiger partial charge in [-0.2, -0.15) is 8.78 Å². The maximum Gasteiger partial charge on any atom is 0.387 e. The molecule has 0 saturated heterocycles. The maximum atomic E-state index is 12.1. The number of ether oxygens (including phenoxy) is 2. The highest BCUT2D eigenvalue weighted by molar-refractivity contribution is 7.98. The Morgan fingerprint density at radius 2 is 1.84 bits per heavy atom. The first-order valence-corrected chi connectivity index (χ1v) is 10.9. The van der Waals surface area contributed by atoms with Crippen LogP contribution in [0.3, 0.4) is 0 Å². The minimum Gasteiger partial charge on any atom is -0.452 e. The number of nitrogens with one attached hydrogen (secondary N) is 1. The van der Waals surface area contributed by atoms with Gasteiger partial charge in [-0.25, -0.2) is 9.78 Å². The largest absolute Gasteiger partial charge is 0.452 e. The molecule has 0 fully saturated rings. The van der Waals surface area contributed by atoms with Crippen molar-refractivity contribution in [2.75, 3.05) is 11.9 Å². The van der Waals surface area contributed by atoms with E-state index >= 15 is 0 Å². The van der Waals surface area contributed by atoms with Gasteiger partial charge < -0.3 is 14.8 Å². The van der Waals surface area contributed by atoms with Gasteiger partial charge in [-0.3, -0.25) is 4.79 Å². The fourth-order valence-electron chi connectivity index (χ4n) is 2.45. The number of carbonyl (C=O) groups excluding carboxylic acids is 2. The molecule has 0 unspecified atom stereocenters. The number of esters is 1. The summed E-state index contributed by atoms with van der Waals surface area (Å²) in [6, 6.07) is 12.3. The van der Waals surface area contributed by atoms with Crippen LogP contribution in [0.2, 0.25) is 0 Å². The van der Waals surface area contributed by atoms with Gasteiger partial charge in [0.05, 0.1) is 16.3 Å². The number of anilines is 1. The molecule has 3 aromatic rings. The van der Waals surface area contributed by atoms with Crippen molar-refractivity contribution in [3.05, 3.63) is 70.2 Å². The first-order valence-electron chi connectivity index (χ1n) is 9.05. The van der Waals surface area contributed by atoms with E-state index in [0.717, 1.165) is 21.3 Å². The second kappa shape index (κ2) is 10.9. The summed E-state index contributed by atoms with van der Waals surface area (Å²) in [7, 11) is 0. The van der Waals surface area contributed by atoms with Crippen molar-refractivity contribution >= 4 is 40.7 Å². The molecule has 0 spiro atoms. The normalized spacial score (nSPS) is 10.7. The molecule has 0 aliphatic carbocycles. The fraction of sp³-hybridized carbons (Fsp3) is 0.190. The number of carbonyl (C=O) groups is 2. The van der Waals surface area contributed by atoms with E-state index in [1.54, 1.807) is 35.2 Å². The molecule has 31 heavy (non-hydrogen) atoms. The molecule has 0 aliphatic rings. The molecule has 1 aromatic heterocycles. The zero-order valence-corrected chi connectivity index (χ0v) is 18.0. The molecule has 2 aromatic carbocycles. The number of rotatable bonds is 9. The van der Waals surface area contributed by atoms with E-state index in [1.165, 1.54) is 24.3 Å². The van der Waals surface area contributed by atoms with Crippen LogP contribution in [0.4, 0.5) is 14.5 Å². The zero-order valence-electron chi connectivity index (χ0n) is 16.3. The Morgan fingerprint density at radius 1 is 1.13 bits per heavy atom. The van der Waals surface area contributed by atoms with Gasteiger partial charge in [0.25, 0.3) is 5.91 Å². The van der Waals surface area contributed by atoms with E-state index < -0.39 is 25.1 Å². The van der Waals surface area contributed by atoms with Gasteiger partial charge in [0.1, 0.15) is 5.75 Å². The number of aryl methyl sites for hydroxylation is 1. The van der Waals surface area contributed by atoms with Crippen molar-refractivity contribution in [3.8, 4) is 5.75 Å². The summed E-state index contributed by atoms with van der Waals surface area (Å²) in [5, 5.41) is 5.55. The predicted molar refractivity (Wildman–Crippen MR) is 115 cm³/mol. The van der Waals surface area contributed by atoms with Crippen LogP contribution in [-0.2, 0) is 15.3 Å². The van der Waals surface area contributed by atoms with Crippen LogP contribution in [0.1, 0.15) is 21.1 Å². The number of amides is 1. The summed E-state index contributed by atoms with van der Waals surface area (Å²) in [6.45, 7) is -1.44. The van der Waals surface area contributed by atoms with Crippen molar-refractivity contribution in [2.24, 2.45) is 0 Å². The summed E-state index contributed by atoms with van der Waals surface area (Å²) in [5.41, 5.74) is 1.70. The summed E-state index contributed by atoms with van der Waals surface area (Å²) < 4.78 is 33.5. The van der Waals surface area contributed by atoms with Crippen LogP contribution in [0, 0.1) is 6.92 Å². The van der Waals surface area contributed by atoms with E-state index in [2.05, 4.69) is 15.0 Å². The van der Waals surface area contributed by atoms with Gasteiger partial charge in [0, 0.05) is 21.7 Å². The first-order chi connectivity index (χ1) is 14.9. The third-order valence-corrected chi connectivity index (χ3v) is 5.71. The second-order valence-electron chi connectivity index (χ2n) is 6.20. The number of nitrogens with zero attached hydrogens (tertiary/aromatic N) is 1. The average Bonchev–Trinajstić information content (AvgIpc) is 3.17. The Hall–Kier alpha value is -2.98. The Labute approximate surface area is 185 Å². The monoisotopic (exact) mass is 464 g/mol. The Kier molecular flexibility index (Phi) is 7.96. The van der Waals surface area contributed by atoms with E-state index in [1.807, 2.05) is 24.4 Å². The van der Waals surface area contributed by atoms with Gasteiger partial charge in [0.15, 0.2) is 6.61 Å². The molecule has 6 nitrogen and oxygen atoms in total. The molecule has 162 valence electrons. The lowest BCUT2D eigenvalue weighted by Crippen LogP contribution is -2.20. The van der Waals surface area contributed by atoms with Crippen molar-refractivity contribution in [1.82, 2.24) is 4.98 Å². The van der Waals surface area contributed by atoms with Crippen molar-refractivity contribution < 1.29 is 27.8 Å². The number of thioether (sulfide) groups is 1.